The highest BCUT2D eigenvalue weighted by Gasteiger charge is 2.10. The normalized spacial score (nSPS) is 13.2. The van der Waals surface area contributed by atoms with E-state index in [1.807, 2.05) is 13.8 Å². The van der Waals surface area contributed by atoms with Crippen LogP contribution in [0, 0.1) is 6.92 Å². The van der Waals surface area contributed by atoms with E-state index in [0.717, 1.165) is 23.6 Å². The lowest BCUT2D eigenvalue weighted by Gasteiger charge is -1.97. The number of nitrogens with one attached hydrogen (secondary N) is 1. The van der Waals surface area contributed by atoms with E-state index < -0.39 is 0 Å². The Morgan fingerprint density at radius 2 is 2.23 bits per heavy atom. The van der Waals surface area contributed by atoms with Gasteiger partial charge in [0.2, 0.25) is 0 Å². The highest BCUT2D eigenvalue weighted by Crippen LogP contribution is 2.20. The van der Waals surface area contributed by atoms with Gasteiger partial charge < -0.3 is 4.98 Å². The Morgan fingerprint density at radius 3 is 2.69 bits per heavy atom. The topological polar surface area (TPSA) is 28.7 Å². The van der Waals surface area contributed by atoms with Gasteiger partial charge in [-0.2, -0.15) is 0 Å². The minimum atomic E-state index is 0.00614. The van der Waals surface area contributed by atoms with Crippen molar-refractivity contribution >= 4 is 11.6 Å². The third-order valence-corrected chi connectivity index (χ3v) is 2.32. The molecular weight excluding hydrogens is 184 g/mol. The molecule has 0 aliphatic carbocycles. The van der Waals surface area contributed by atoms with Gasteiger partial charge in [-0.1, -0.05) is 13.3 Å². The van der Waals surface area contributed by atoms with Crippen LogP contribution in [0.1, 0.15) is 49.3 Å². The van der Waals surface area contributed by atoms with Crippen LogP contribution >= 0.6 is 11.6 Å². The maximum absolute atomic E-state index is 5.97. The minimum absolute atomic E-state index is 0.00614. The van der Waals surface area contributed by atoms with Gasteiger partial charge in [0.15, 0.2) is 0 Å². The Hall–Kier alpha value is -0.500. The largest absolute Gasteiger partial charge is 0.346 e. The number of unbranched alkanes of at least 4 members (excludes halogenated alkanes) is 1. The zero-order valence-electron chi connectivity index (χ0n) is 8.52. The zero-order valence-corrected chi connectivity index (χ0v) is 9.28. The third kappa shape index (κ3) is 2.73. The molecule has 1 aromatic heterocycles. The van der Waals surface area contributed by atoms with Crippen molar-refractivity contribution in [2.24, 2.45) is 0 Å². The van der Waals surface area contributed by atoms with E-state index in [1.165, 1.54) is 12.8 Å². The first-order valence-electron chi connectivity index (χ1n) is 4.84. The number of rotatable bonds is 4. The summed E-state index contributed by atoms with van der Waals surface area (Å²) >= 11 is 5.97. The van der Waals surface area contributed by atoms with E-state index in [1.54, 1.807) is 0 Å². The van der Waals surface area contributed by atoms with Crippen LogP contribution in [0.2, 0.25) is 0 Å². The van der Waals surface area contributed by atoms with Crippen molar-refractivity contribution in [2.45, 2.75) is 45.4 Å². The van der Waals surface area contributed by atoms with Crippen molar-refractivity contribution in [1.29, 1.82) is 0 Å². The van der Waals surface area contributed by atoms with Crippen LogP contribution in [-0.2, 0) is 6.42 Å². The molecule has 1 aromatic rings. The second-order valence-electron chi connectivity index (χ2n) is 3.41. The molecule has 0 bridgehead atoms. The maximum Gasteiger partial charge on any atom is 0.106 e. The second-order valence-corrected chi connectivity index (χ2v) is 4.07. The number of hydrogen-bond acceptors (Lipinski definition) is 1. The van der Waals surface area contributed by atoms with Crippen LogP contribution in [0.5, 0.6) is 0 Å². The van der Waals surface area contributed by atoms with E-state index in [0.29, 0.717) is 0 Å². The molecule has 1 heterocycles. The van der Waals surface area contributed by atoms with Gasteiger partial charge in [-0.25, -0.2) is 4.98 Å². The van der Waals surface area contributed by atoms with E-state index in [4.69, 9.17) is 11.6 Å². The Morgan fingerprint density at radius 1 is 1.54 bits per heavy atom. The number of halogens is 1. The zero-order chi connectivity index (χ0) is 9.84. The number of aryl methyl sites for hydroxylation is 2. The summed E-state index contributed by atoms with van der Waals surface area (Å²) in [5, 5.41) is 0.00614. The molecule has 1 N–H and O–H groups in total. The van der Waals surface area contributed by atoms with E-state index in [-0.39, 0.29) is 5.38 Å². The lowest BCUT2D eigenvalue weighted by molar-refractivity contribution is 0.759. The maximum atomic E-state index is 5.97. The van der Waals surface area contributed by atoms with Crippen LogP contribution < -0.4 is 0 Å². The van der Waals surface area contributed by atoms with Gasteiger partial charge in [0, 0.05) is 12.1 Å². The molecule has 0 aliphatic heterocycles. The molecule has 0 amide bonds. The Labute approximate surface area is 84.7 Å². The summed E-state index contributed by atoms with van der Waals surface area (Å²) in [5.74, 6) is 1.07. The number of aromatic amines is 1. The summed E-state index contributed by atoms with van der Waals surface area (Å²) < 4.78 is 0. The molecule has 0 radical (unpaired) electrons. The first-order chi connectivity index (χ1) is 6.15. The first kappa shape index (κ1) is 10.6. The lowest BCUT2D eigenvalue weighted by Crippen LogP contribution is -1.89. The summed E-state index contributed by atoms with van der Waals surface area (Å²) in [6.45, 7) is 6.16. The monoisotopic (exact) mass is 200 g/mol. The Kier molecular flexibility index (Phi) is 3.79. The third-order valence-electron chi connectivity index (χ3n) is 2.12. The summed E-state index contributed by atoms with van der Waals surface area (Å²) in [5.41, 5.74) is 2.10. The molecule has 0 fully saturated rings. The second kappa shape index (κ2) is 4.66. The molecule has 13 heavy (non-hydrogen) atoms. The molecule has 3 heteroatoms. The van der Waals surface area contributed by atoms with Crippen molar-refractivity contribution < 1.29 is 0 Å². The number of H-pyrrole nitrogens is 1. The van der Waals surface area contributed by atoms with Crippen molar-refractivity contribution in [2.75, 3.05) is 0 Å². The van der Waals surface area contributed by atoms with Crippen LogP contribution in [-0.4, -0.2) is 9.97 Å². The van der Waals surface area contributed by atoms with Crippen LogP contribution in [0.4, 0.5) is 0 Å². The number of alkyl halides is 1. The van der Waals surface area contributed by atoms with Gasteiger partial charge in [-0.3, -0.25) is 0 Å². The Bertz CT molecular complexity index is 266. The van der Waals surface area contributed by atoms with Crippen LogP contribution in [0.25, 0.3) is 0 Å². The summed E-state index contributed by atoms with van der Waals surface area (Å²) in [4.78, 5) is 7.72. The molecule has 0 aromatic carbocycles. The smallest absolute Gasteiger partial charge is 0.106 e. The number of hydrogen-bond donors (Lipinski definition) is 1. The lowest BCUT2D eigenvalue weighted by atomic mass is 10.2. The van der Waals surface area contributed by atoms with E-state index in [9.17, 15) is 0 Å². The predicted molar refractivity (Wildman–Crippen MR) is 56.2 cm³/mol. The number of imidazole rings is 1. The van der Waals surface area contributed by atoms with Gasteiger partial charge in [0.25, 0.3) is 0 Å². The Balaban J connectivity index is 2.71. The molecule has 74 valence electrons. The molecule has 0 aliphatic rings. The average Bonchev–Trinajstić information content (AvgIpc) is 2.43. The molecule has 2 nitrogen and oxygen atoms in total. The van der Waals surface area contributed by atoms with Crippen molar-refractivity contribution in [1.82, 2.24) is 9.97 Å². The number of aromatic nitrogens is 2. The van der Waals surface area contributed by atoms with Crippen molar-refractivity contribution in [3.05, 3.63) is 17.2 Å². The van der Waals surface area contributed by atoms with Gasteiger partial charge in [0.1, 0.15) is 5.82 Å². The first-order valence-corrected chi connectivity index (χ1v) is 5.28. The standard InChI is InChI=1S/C10H17ClN2/c1-4-5-6-9-12-8(3)10(13-9)7(2)11/h7H,4-6H2,1-3H3,(H,12,13). The molecule has 0 saturated heterocycles. The molecular formula is C10H17ClN2. The predicted octanol–water partition coefficient (Wildman–Crippen LogP) is 3.36. The van der Waals surface area contributed by atoms with Crippen LogP contribution in [0.15, 0.2) is 0 Å². The van der Waals surface area contributed by atoms with Crippen LogP contribution in [0.3, 0.4) is 0 Å². The van der Waals surface area contributed by atoms with Crippen molar-refractivity contribution in [3.8, 4) is 0 Å². The fourth-order valence-corrected chi connectivity index (χ4v) is 1.60. The van der Waals surface area contributed by atoms with E-state index in [2.05, 4.69) is 16.9 Å². The van der Waals surface area contributed by atoms with Gasteiger partial charge in [-0.05, 0) is 20.3 Å². The number of nitrogens with zero attached hydrogens (tertiary/aromatic N) is 1. The molecule has 0 spiro atoms. The van der Waals surface area contributed by atoms with Crippen molar-refractivity contribution in [3.63, 3.8) is 0 Å². The highest BCUT2D eigenvalue weighted by molar-refractivity contribution is 6.20. The van der Waals surface area contributed by atoms with E-state index >= 15 is 0 Å². The molecule has 1 unspecified atom stereocenters. The summed E-state index contributed by atoms with van der Waals surface area (Å²) in [7, 11) is 0. The molecule has 1 rings (SSSR count). The fourth-order valence-electron chi connectivity index (χ4n) is 1.39. The van der Waals surface area contributed by atoms with Gasteiger partial charge >= 0.3 is 0 Å². The summed E-state index contributed by atoms with van der Waals surface area (Å²) in [6.07, 6.45) is 3.41. The summed E-state index contributed by atoms with van der Waals surface area (Å²) in [6, 6.07) is 0. The highest BCUT2D eigenvalue weighted by atomic mass is 35.5. The fraction of sp³-hybridized carbons (Fsp3) is 0.700. The quantitative estimate of drug-likeness (QED) is 0.742. The average molecular weight is 201 g/mol. The van der Waals surface area contributed by atoms with Gasteiger partial charge in [-0.15, -0.1) is 11.6 Å². The van der Waals surface area contributed by atoms with Gasteiger partial charge in [0.05, 0.1) is 11.1 Å². The SMILES string of the molecule is CCCCc1nc(C(C)Cl)c(C)[nH]1. The molecule has 0 saturated carbocycles. The molecule has 1 atom stereocenters. The minimum Gasteiger partial charge on any atom is -0.346 e.